The van der Waals surface area contributed by atoms with E-state index in [2.05, 4.69) is 78.8 Å². The highest BCUT2D eigenvalue weighted by atomic mass is 35.5. The number of benzene rings is 2. The van der Waals surface area contributed by atoms with Gasteiger partial charge in [0.2, 0.25) is 0 Å². The van der Waals surface area contributed by atoms with E-state index in [1.54, 1.807) is 0 Å². The van der Waals surface area contributed by atoms with E-state index in [0.717, 1.165) is 24.3 Å². The molecule has 0 saturated carbocycles. The van der Waals surface area contributed by atoms with Gasteiger partial charge < -0.3 is 0 Å². The Morgan fingerprint density at radius 1 is 0.680 bits per heavy atom. The Morgan fingerprint density at radius 2 is 1.12 bits per heavy atom. The summed E-state index contributed by atoms with van der Waals surface area (Å²) >= 11 is 6.55. The topological polar surface area (TPSA) is 0 Å². The van der Waals surface area contributed by atoms with Crippen LogP contribution in [-0.4, -0.2) is 0 Å². The Morgan fingerprint density at radius 3 is 1.60 bits per heavy atom. The number of halogens is 1. The molecule has 0 bridgehead atoms. The molecule has 2 aromatic carbocycles. The maximum Gasteiger partial charge on any atom is 0.0446 e. The first-order valence-corrected chi connectivity index (χ1v) is 9.82. The molecule has 136 valence electrons. The smallest absolute Gasteiger partial charge is 0.0446 e. The maximum absolute atomic E-state index is 6.55. The summed E-state index contributed by atoms with van der Waals surface area (Å²) < 4.78 is 0. The largest absolute Gasteiger partial charge is 0.0840 e. The Hall–Kier alpha value is -1.27. The van der Waals surface area contributed by atoms with E-state index in [-0.39, 0.29) is 10.8 Å². The summed E-state index contributed by atoms with van der Waals surface area (Å²) in [6.45, 7) is 16.0. The van der Waals surface area contributed by atoms with Crippen LogP contribution in [0.3, 0.4) is 0 Å². The van der Waals surface area contributed by atoms with Crippen molar-refractivity contribution in [2.45, 2.75) is 78.6 Å². The van der Waals surface area contributed by atoms with E-state index < -0.39 is 0 Å². The lowest BCUT2D eigenvalue weighted by atomic mass is 9.78. The number of hydrogen-bond acceptors (Lipinski definition) is 0. The van der Waals surface area contributed by atoms with Crippen LogP contribution in [-0.2, 0) is 30.1 Å². The number of aryl methyl sites for hydroxylation is 3. The van der Waals surface area contributed by atoms with E-state index in [1.165, 1.54) is 27.8 Å². The molecule has 0 aromatic heterocycles. The van der Waals surface area contributed by atoms with Crippen molar-refractivity contribution in [3.8, 4) is 0 Å². The van der Waals surface area contributed by atoms with Crippen molar-refractivity contribution in [3.05, 3.63) is 69.2 Å². The molecule has 0 fully saturated rings. The van der Waals surface area contributed by atoms with Crippen LogP contribution in [0.1, 0.15) is 76.3 Å². The van der Waals surface area contributed by atoms with E-state index in [0.29, 0.717) is 0 Å². The predicted molar refractivity (Wildman–Crippen MR) is 112 cm³/mol. The molecular formula is C24H33Cl. The summed E-state index contributed by atoms with van der Waals surface area (Å²) in [7, 11) is 0. The molecule has 0 saturated heterocycles. The lowest BCUT2D eigenvalue weighted by Crippen LogP contribution is -2.18. The molecular weight excluding hydrogens is 324 g/mol. The zero-order valence-electron chi connectivity index (χ0n) is 17.0. The minimum Gasteiger partial charge on any atom is -0.0840 e. The van der Waals surface area contributed by atoms with Crippen LogP contribution in [0, 0.1) is 0 Å². The SMILES string of the molecule is CCc1cccc(CCc2cccc(Cl)c2C(C)(C)C)c1C(C)(C)C. The average molecular weight is 357 g/mol. The summed E-state index contributed by atoms with van der Waals surface area (Å²) in [5.41, 5.74) is 7.38. The fraction of sp³-hybridized carbons (Fsp3) is 0.500. The molecule has 2 rings (SSSR count). The Labute approximate surface area is 159 Å². The quantitative estimate of drug-likeness (QED) is 0.539. The highest BCUT2D eigenvalue weighted by Crippen LogP contribution is 2.35. The van der Waals surface area contributed by atoms with E-state index in [4.69, 9.17) is 11.6 Å². The monoisotopic (exact) mass is 356 g/mol. The van der Waals surface area contributed by atoms with E-state index >= 15 is 0 Å². The molecule has 0 aliphatic heterocycles. The van der Waals surface area contributed by atoms with Crippen molar-refractivity contribution in [3.63, 3.8) is 0 Å². The van der Waals surface area contributed by atoms with Crippen molar-refractivity contribution >= 4 is 11.6 Å². The second-order valence-electron chi connectivity index (χ2n) is 9.08. The summed E-state index contributed by atoms with van der Waals surface area (Å²) in [4.78, 5) is 0. The van der Waals surface area contributed by atoms with Gasteiger partial charge in [0, 0.05) is 5.02 Å². The molecule has 2 aromatic rings. The summed E-state index contributed by atoms with van der Waals surface area (Å²) in [6, 6.07) is 13.1. The highest BCUT2D eigenvalue weighted by molar-refractivity contribution is 6.31. The van der Waals surface area contributed by atoms with Gasteiger partial charge in [0.25, 0.3) is 0 Å². The molecule has 0 aliphatic carbocycles. The second kappa shape index (κ2) is 7.54. The summed E-state index contributed by atoms with van der Waals surface area (Å²) in [5.74, 6) is 0. The van der Waals surface area contributed by atoms with Crippen molar-refractivity contribution in [2.75, 3.05) is 0 Å². The van der Waals surface area contributed by atoms with Gasteiger partial charge in [-0.3, -0.25) is 0 Å². The Bertz CT molecular complexity index is 727. The molecule has 0 radical (unpaired) electrons. The molecule has 1 heteroatoms. The second-order valence-corrected chi connectivity index (χ2v) is 9.49. The van der Waals surface area contributed by atoms with E-state index in [1.807, 2.05) is 6.07 Å². The third-order valence-corrected chi connectivity index (χ3v) is 5.20. The van der Waals surface area contributed by atoms with Gasteiger partial charge in [0.15, 0.2) is 0 Å². The third kappa shape index (κ3) is 4.67. The van der Waals surface area contributed by atoms with Gasteiger partial charge in [-0.15, -0.1) is 0 Å². The molecule has 0 nitrogen and oxygen atoms in total. The zero-order valence-corrected chi connectivity index (χ0v) is 17.7. The maximum atomic E-state index is 6.55. The van der Waals surface area contributed by atoms with Gasteiger partial charge in [-0.25, -0.2) is 0 Å². The van der Waals surface area contributed by atoms with E-state index in [9.17, 15) is 0 Å². The zero-order chi connectivity index (χ0) is 18.8. The highest BCUT2D eigenvalue weighted by Gasteiger charge is 2.23. The van der Waals surface area contributed by atoms with Crippen LogP contribution in [0.25, 0.3) is 0 Å². The molecule has 0 amide bonds. The van der Waals surface area contributed by atoms with Gasteiger partial charge in [-0.05, 0) is 64.0 Å². The van der Waals surface area contributed by atoms with Crippen LogP contribution in [0.15, 0.2) is 36.4 Å². The summed E-state index contributed by atoms with van der Waals surface area (Å²) in [6.07, 6.45) is 3.18. The van der Waals surface area contributed by atoms with Crippen LogP contribution >= 0.6 is 11.6 Å². The number of rotatable bonds is 4. The van der Waals surface area contributed by atoms with Crippen molar-refractivity contribution in [1.29, 1.82) is 0 Å². The van der Waals surface area contributed by atoms with Crippen LogP contribution < -0.4 is 0 Å². The van der Waals surface area contributed by atoms with Crippen LogP contribution in [0.4, 0.5) is 0 Å². The van der Waals surface area contributed by atoms with Gasteiger partial charge in [0.05, 0.1) is 0 Å². The normalized spacial score (nSPS) is 12.5. The fourth-order valence-corrected chi connectivity index (χ4v) is 4.48. The molecule has 25 heavy (non-hydrogen) atoms. The first-order chi connectivity index (χ1) is 11.6. The first kappa shape index (κ1) is 20.0. The molecule has 0 spiro atoms. The van der Waals surface area contributed by atoms with Gasteiger partial charge >= 0.3 is 0 Å². The average Bonchev–Trinajstić information content (AvgIpc) is 2.50. The van der Waals surface area contributed by atoms with Crippen LogP contribution in [0.5, 0.6) is 0 Å². The predicted octanol–water partition coefficient (Wildman–Crippen LogP) is 7.28. The van der Waals surface area contributed by atoms with Gasteiger partial charge in [-0.1, -0.05) is 90.4 Å². The minimum atomic E-state index is 0.0613. The van der Waals surface area contributed by atoms with Gasteiger partial charge in [-0.2, -0.15) is 0 Å². The molecule has 0 N–H and O–H groups in total. The Balaban J connectivity index is 2.40. The van der Waals surface area contributed by atoms with Crippen molar-refractivity contribution in [1.82, 2.24) is 0 Å². The molecule has 0 atom stereocenters. The number of hydrogen-bond donors (Lipinski definition) is 0. The lowest BCUT2D eigenvalue weighted by Gasteiger charge is -2.27. The minimum absolute atomic E-state index is 0.0613. The first-order valence-electron chi connectivity index (χ1n) is 9.44. The fourth-order valence-electron chi connectivity index (χ4n) is 4.01. The van der Waals surface area contributed by atoms with Crippen molar-refractivity contribution in [2.24, 2.45) is 0 Å². The summed E-state index contributed by atoms with van der Waals surface area (Å²) in [5, 5.41) is 0.892. The molecule has 0 aliphatic rings. The molecule has 0 unspecified atom stereocenters. The van der Waals surface area contributed by atoms with Crippen LogP contribution in [0.2, 0.25) is 5.02 Å². The molecule has 0 heterocycles. The lowest BCUT2D eigenvalue weighted by molar-refractivity contribution is 0.571. The van der Waals surface area contributed by atoms with Gasteiger partial charge in [0.1, 0.15) is 0 Å². The third-order valence-electron chi connectivity index (χ3n) is 4.88. The standard InChI is InChI=1S/C24H33Cl/c1-8-17-11-9-12-18(21(17)23(2,3)4)15-16-19-13-10-14-20(25)22(19)24(5,6)7/h9-14H,8,15-16H2,1-7H3. The van der Waals surface area contributed by atoms with Crippen molar-refractivity contribution < 1.29 is 0 Å². The Kier molecular flexibility index (Phi) is 6.05.